The van der Waals surface area contributed by atoms with E-state index in [9.17, 15) is 9.59 Å². The van der Waals surface area contributed by atoms with Gasteiger partial charge in [-0.15, -0.1) is 0 Å². The van der Waals surface area contributed by atoms with Crippen molar-refractivity contribution in [3.8, 4) is 5.75 Å². The van der Waals surface area contributed by atoms with E-state index >= 15 is 0 Å². The Bertz CT molecular complexity index is 1470. The van der Waals surface area contributed by atoms with Gasteiger partial charge in [0.2, 0.25) is 0 Å². The van der Waals surface area contributed by atoms with Crippen LogP contribution in [-0.4, -0.2) is 23.3 Å². The number of ether oxygens (including phenoxy) is 1. The zero-order chi connectivity index (χ0) is 24.1. The van der Waals surface area contributed by atoms with Crippen LogP contribution in [-0.2, 0) is 11.3 Å². The first-order chi connectivity index (χ1) is 16.5. The number of hydrogen-bond acceptors (Lipinski definition) is 5. The molecule has 4 aromatic rings. The number of fused-ring (bicyclic) bond motifs is 1. The minimum atomic E-state index is -0.608. The maximum Gasteiger partial charge on any atom is 0.420 e. The van der Waals surface area contributed by atoms with E-state index in [1.54, 1.807) is 43.5 Å². The molecule has 4 rings (SSSR count). The van der Waals surface area contributed by atoms with Crippen LogP contribution in [0.2, 0.25) is 5.02 Å². The lowest BCUT2D eigenvalue weighted by Crippen LogP contribution is -2.28. The number of nitrogens with zero attached hydrogens (tertiary/aromatic N) is 2. The van der Waals surface area contributed by atoms with E-state index in [0.29, 0.717) is 33.1 Å². The number of hydrogen-bond donors (Lipinski definition) is 1. The molecule has 0 saturated carbocycles. The summed E-state index contributed by atoms with van der Waals surface area (Å²) in [6, 6.07) is 20.0. The molecule has 3 aromatic carbocycles. The lowest BCUT2D eigenvalue weighted by Gasteiger charge is -2.09. The summed E-state index contributed by atoms with van der Waals surface area (Å²) in [6.45, 7) is 1.66. The molecule has 8 heteroatoms. The fraction of sp³-hybridized carbons (Fsp3) is 0.115. The van der Waals surface area contributed by atoms with E-state index in [-0.39, 0.29) is 6.54 Å². The predicted molar refractivity (Wildman–Crippen MR) is 133 cm³/mol. The van der Waals surface area contributed by atoms with Gasteiger partial charge in [0.1, 0.15) is 12.3 Å². The largest absolute Gasteiger partial charge is 0.496 e. The van der Waals surface area contributed by atoms with Crippen LogP contribution < -0.4 is 15.9 Å². The molecule has 1 amide bonds. The van der Waals surface area contributed by atoms with Crippen LogP contribution in [0.4, 0.5) is 0 Å². The molecule has 172 valence electrons. The Morgan fingerprint density at radius 1 is 1.15 bits per heavy atom. The molecule has 1 N–H and O–H groups in total. The normalized spacial score (nSPS) is 11.8. The number of benzene rings is 3. The molecule has 0 aliphatic carbocycles. The van der Waals surface area contributed by atoms with Crippen LogP contribution in [0.25, 0.3) is 17.2 Å². The number of aromatic nitrogens is 1. The second-order valence-electron chi connectivity index (χ2n) is 7.51. The molecule has 34 heavy (non-hydrogen) atoms. The number of methoxy groups -OCH3 is 1. The van der Waals surface area contributed by atoms with Crippen LogP contribution in [0, 0.1) is 6.92 Å². The van der Waals surface area contributed by atoms with Crippen LogP contribution in [0.5, 0.6) is 5.75 Å². The van der Waals surface area contributed by atoms with Crippen molar-refractivity contribution >= 4 is 40.4 Å². The average molecular weight is 476 g/mol. The Balaban J connectivity index is 1.63. The van der Waals surface area contributed by atoms with E-state index in [4.69, 9.17) is 20.8 Å². The van der Waals surface area contributed by atoms with Crippen LogP contribution >= 0.6 is 11.6 Å². The van der Waals surface area contributed by atoms with Crippen molar-refractivity contribution in [1.29, 1.82) is 0 Å². The number of allylic oxidation sites excluding steroid dienone is 1. The summed E-state index contributed by atoms with van der Waals surface area (Å²) in [7, 11) is 1.56. The van der Waals surface area contributed by atoms with Crippen LogP contribution in [0.3, 0.4) is 0 Å². The number of nitrogens with one attached hydrogen (secondary N) is 1. The second kappa shape index (κ2) is 10.2. The van der Waals surface area contributed by atoms with Gasteiger partial charge in [0, 0.05) is 10.6 Å². The van der Waals surface area contributed by atoms with Crippen molar-refractivity contribution in [1.82, 2.24) is 9.99 Å². The van der Waals surface area contributed by atoms with E-state index in [2.05, 4.69) is 10.5 Å². The molecule has 0 aliphatic heterocycles. The van der Waals surface area contributed by atoms with Gasteiger partial charge in [-0.2, -0.15) is 5.10 Å². The highest BCUT2D eigenvalue weighted by Crippen LogP contribution is 2.21. The van der Waals surface area contributed by atoms with E-state index in [1.807, 2.05) is 49.4 Å². The van der Waals surface area contributed by atoms with Crippen LogP contribution in [0.1, 0.15) is 16.7 Å². The molecule has 7 nitrogen and oxygen atoms in total. The minimum absolute atomic E-state index is 0.244. The molecule has 1 aromatic heterocycles. The Morgan fingerprint density at radius 2 is 1.91 bits per heavy atom. The van der Waals surface area contributed by atoms with Crippen molar-refractivity contribution < 1.29 is 13.9 Å². The Kier molecular flexibility index (Phi) is 6.94. The third-order valence-electron chi connectivity index (χ3n) is 5.13. The first-order valence-corrected chi connectivity index (χ1v) is 10.9. The Morgan fingerprint density at radius 3 is 2.71 bits per heavy atom. The van der Waals surface area contributed by atoms with Gasteiger partial charge >= 0.3 is 5.76 Å². The fourth-order valence-electron chi connectivity index (χ4n) is 3.45. The Labute approximate surface area is 200 Å². The Hall–Kier alpha value is -4.10. The average Bonchev–Trinajstić information content (AvgIpc) is 3.14. The summed E-state index contributed by atoms with van der Waals surface area (Å²) in [5.74, 6) is -0.500. The number of oxazole rings is 1. The molecule has 0 aliphatic rings. The number of amides is 1. The monoisotopic (exact) mass is 475 g/mol. The van der Waals surface area contributed by atoms with Crippen molar-refractivity contribution in [2.75, 3.05) is 7.11 Å². The van der Waals surface area contributed by atoms with Gasteiger partial charge in [-0.1, -0.05) is 54.1 Å². The molecule has 1 heterocycles. The number of rotatable bonds is 7. The summed E-state index contributed by atoms with van der Waals surface area (Å²) in [5, 5.41) is 4.90. The molecule has 0 fully saturated rings. The highest BCUT2D eigenvalue weighted by molar-refractivity contribution is 6.32. The SMILES string of the molecule is COc1ccccc1C(/C=C/c1ccccc1Cl)=N/NC(=O)Cn1c(=O)oc2ccc(C)cc21. The lowest BCUT2D eigenvalue weighted by atomic mass is 10.1. The summed E-state index contributed by atoms with van der Waals surface area (Å²) < 4.78 is 12.0. The van der Waals surface area contributed by atoms with Crippen molar-refractivity contribution in [2.45, 2.75) is 13.5 Å². The quantitative estimate of drug-likeness (QED) is 0.307. The van der Waals surface area contributed by atoms with Crippen LogP contribution in [0.15, 0.2) is 87.1 Å². The summed E-state index contributed by atoms with van der Waals surface area (Å²) in [5.41, 5.74) is 6.38. The van der Waals surface area contributed by atoms with Gasteiger partial charge in [-0.05, 0) is 54.5 Å². The lowest BCUT2D eigenvalue weighted by molar-refractivity contribution is -0.121. The van der Waals surface area contributed by atoms with E-state index in [1.165, 1.54) is 4.57 Å². The van der Waals surface area contributed by atoms with Gasteiger partial charge < -0.3 is 9.15 Å². The topological polar surface area (TPSA) is 85.8 Å². The van der Waals surface area contributed by atoms with E-state index < -0.39 is 11.7 Å². The molecular weight excluding hydrogens is 454 g/mol. The van der Waals surface area contributed by atoms with Gasteiger partial charge in [-0.3, -0.25) is 9.36 Å². The standard InChI is InChI=1S/C26H22ClN3O4/c1-17-11-14-24-22(15-17)30(26(32)34-24)16-25(31)29-28-21(19-8-4-6-10-23(19)33-2)13-12-18-7-3-5-9-20(18)27/h3-15H,16H2,1-2H3,(H,29,31)/b13-12+,28-21+. The molecule has 0 unspecified atom stereocenters. The van der Waals surface area contributed by atoms with Crippen molar-refractivity contribution in [3.05, 3.63) is 105 Å². The minimum Gasteiger partial charge on any atom is -0.496 e. The highest BCUT2D eigenvalue weighted by atomic mass is 35.5. The van der Waals surface area contributed by atoms with Gasteiger partial charge in [0.25, 0.3) is 5.91 Å². The second-order valence-corrected chi connectivity index (χ2v) is 7.92. The van der Waals surface area contributed by atoms with Gasteiger partial charge in [0.05, 0.1) is 18.3 Å². The molecule has 0 spiro atoms. The number of para-hydroxylation sites is 1. The number of carbonyl (C=O) groups is 1. The predicted octanol–water partition coefficient (Wildman–Crippen LogP) is 4.80. The smallest absolute Gasteiger partial charge is 0.420 e. The molecule has 0 radical (unpaired) electrons. The number of carbonyl (C=O) groups excluding carboxylic acids is 1. The number of halogens is 1. The summed E-state index contributed by atoms with van der Waals surface area (Å²) in [4.78, 5) is 25.0. The maximum absolute atomic E-state index is 12.7. The molecular formula is C26H22ClN3O4. The van der Waals surface area contributed by atoms with E-state index in [0.717, 1.165) is 11.1 Å². The van der Waals surface area contributed by atoms with Gasteiger partial charge in [-0.25, -0.2) is 10.2 Å². The third kappa shape index (κ3) is 5.10. The molecule has 0 atom stereocenters. The number of aryl methyl sites for hydroxylation is 1. The first-order valence-electron chi connectivity index (χ1n) is 10.5. The first kappa shape index (κ1) is 23.1. The molecule has 0 bridgehead atoms. The zero-order valence-electron chi connectivity index (χ0n) is 18.6. The number of hydrazone groups is 1. The summed E-state index contributed by atoms with van der Waals surface area (Å²) in [6.07, 6.45) is 3.54. The molecule has 0 saturated heterocycles. The zero-order valence-corrected chi connectivity index (χ0v) is 19.4. The maximum atomic E-state index is 12.7. The third-order valence-corrected chi connectivity index (χ3v) is 5.48. The fourth-order valence-corrected chi connectivity index (χ4v) is 3.64. The van der Waals surface area contributed by atoms with Crippen molar-refractivity contribution in [2.24, 2.45) is 5.10 Å². The summed E-state index contributed by atoms with van der Waals surface area (Å²) >= 11 is 6.27. The highest BCUT2D eigenvalue weighted by Gasteiger charge is 2.14. The van der Waals surface area contributed by atoms with Gasteiger partial charge in [0.15, 0.2) is 5.58 Å². The van der Waals surface area contributed by atoms with Crippen molar-refractivity contribution in [3.63, 3.8) is 0 Å².